The lowest BCUT2D eigenvalue weighted by Gasteiger charge is -2.38. The highest BCUT2D eigenvalue weighted by Crippen LogP contribution is 2.17. The van der Waals surface area contributed by atoms with Gasteiger partial charge in [-0.05, 0) is 32.1 Å². The van der Waals surface area contributed by atoms with E-state index in [1.165, 1.54) is 204 Å². The predicted octanol–water partition coefficient (Wildman–Crippen LogP) is 12.4. The van der Waals surface area contributed by atoms with Crippen molar-refractivity contribution in [2.75, 3.05) is 26.2 Å². The molecule has 0 radical (unpaired) electrons. The molecule has 0 atom stereocenters. The van der Waals surface area contributed by atoms with Gasteiger partial charge in [0, 0.05) is 0 Å². The van der Waals surface area contributed by atoms with Gasteiger partial charge in [0.15, 0.2) is 0 Å². The molecule has 0 fully saturated rings. The van der Waals surface area contributed by atoms with E-state index in [1.54, 1.807) is 0 Å². The van der Waals surface area contributed by atoms with E-state index in [2.05, 4.69) is 27.7 Å². The van der Waals surface area contributed by atoms with Crippen molar-refractivity contribution in [3.05, 3.63) is 0 Å². The fourth-order valence-electron chi connectivity index (χ4n) is 6.50. The van der Waals surface area contributed by atoms with Crippen molar-refractivity contribution in [3.63, 3.8) is 0 Å². The fraction of sp³-hybridized carbons (Fsp3) is 1.00. The highest BCUT2D eigenvalue weighted by Gasteiger charge is 2.23. The molecule has 0 aromatic carbocycles. The molecule has 0 aromatic rings. The summed E-state index contributed by atoms with van der Waals surface area (Å²) >= 11 is 0. The Hall–Kier alpha value is -0.0400. The van der Waals surface area contributed by atoms with E-state index in [4.69, 9.17) is 0 Å². The first-order valence-electron chi connectivity index (χ1n) is 17.6. The fourth-order valence-corrected chi connectivity index (χ4v) is 6.50. The number of hydrogen-bond donors (Lipinski definition) is 0. The highest BCUT2D eigenvalue weighted by atomic mass is 15.3. The van der Waals surface area contributed by atoms with Gasteiger partial charge in [-0.2, -0.15) is 0 Å². The summed E-state index contributed by atoms with van der Waals surface area (Å²) in [6.45, 7) is 15.1. The summed E-state index contributed by atoms with van der Waals surface area (Å²) in [5.74, 6) is 0. The Balaban J connectivity index is 3.30. The SMILES string of the molecule is CCCCCCCCCCCCCCCCCCCCCCCCCC[N+](CCC)(CCC)CCC. The third-order valence-corrected chi connectivity index (χ3v) is 8.58. The van der Waals surface area contributed by atoms with Crippen LogP contribution in [0.1, 0.15) is 201 Å². The van der Waals surface area contributed by atoms with Crippen LogP contribution in [-0.2, 0) is 0 Å². The van der Waals surface area contributed by atoms with Crippen LogP contribution in [0.15, 0.2) is 0 Å². The Labute approximate surface area is 231 Å². The van der Waals surface area contributed by atoms with Crippen LogP contribution in [0.2, 0.25) is 0 Å². The molecule has 0 aliphatic heterocycles. The van der Waals surface area contributed by atoms with Crippen LogP contribution < -0.4 is 0 Å². The summed E-state index contributed by atoms with van der Waals surface area (Å²) in [5.41, 5.74) is 0. The van der Waals surface area contributed by atoms with Crippen molar-refractivity contribution in [2.45, 2.75) is 201 Å². The molecule has 0 saturated carbocycles. The summed E-state index contributed by atoms with van der Waals surface area (Å²) in [7, 11) is 0. The third-order valence-electron chi connectivity index (χ3n) is 8.58. The zero-order valence-corrected chi connectivity index (χ0v) is 26.4. The lowest BCUT2D eigenvalue weighted by Crippen LogP contribution is -2.50. The topological polar surface area (TPSA) is 0 Å². The standard InChI is InChI=1S/C35H74N/c1-5-9-10-11-12-13-14-15-16-17-18-19-20-21-22-23-24-25-26-27-28-29-30-31-35-36(32-6-2,33-7-3)34-8-4/h5-35H2,1-4H3/q+1. The van der Waals surface area contributed by atoms with E-state index in [9.17, 15) is 0 Å². The molecule has 218 valence electrons. The summed E-state index contributed by atoms with van der Waals surface area (Å²) in [6, 6.07) is 0. The highest BCUT2D eigenvalue weighted by molar-refractivity contribution is 4.52. The molecule has 1 nitrogen and oxygen atoms in total. The molecule has 0 amide bonds. The first kappa shape index (κ1) is 36.0. The molecule has 0 heterocycles. The molecular formula is C35H74N+. The Bertz CT molecular complexity index is 373. The Morgan fingerprint density at radius 2 is 0.444 bits per heavy atom. The van der Waals surface area contributed by atoms with Gasteiger partial charge < -0.3 is 4.48 Å². The number of unbranched alkanes of at least 4 members (excludes halogenated alkanes) is 23. The van der Waals surface area contributed by atoms with Crippen LogP contribution in [0, 0.1) is 0 Å². The van der Waals surface area contributed by atoms with Crippen LogP contribution in [0.4, 0.5) is 0 Å². The smallest absolute Gasteiger partial charge is 0.0786 e. The zero-order chi connectivity index (χ0) is 26.4. The lowest BCUT2D eigenvalue weighted by atomic mass is 10.0. The second-order valence-electron chi connectivity index (χ2n) is 12.4. The zero-order valence-electron chi connectivity index (χ0n) is 26.4. The van der Waals surface area contributed by atoms with Crippen molar-refractivity contribution in [2.24, 2.45) is 0 Å². The molecule has 0 saturated heterocycles. The minimum atomic E-state index is 1.35. The third kappa shape index (κ3) is 24.3. The van der Waals surface area contributed by atoms with Gasteiger partial charge in [0.1, 0.15) is 0 Å². The van der Waals surface area contributed by atoms with Gasteiger partial charge in [-0.1, -0.05) is 169 Å². The summed E-state index contributed by atoms with van der Waals surface area (Å²) in [5, 5.41) is 0. The maximum atomic E-state index is 2.37. The van der Waals surface area contributed by atoms with Crippen molar-refractivity contribution in [1.29, 1.82) is 0 Å². The van der Waals surface area contributed by atoms with Crippen molar-refractivity contribution in [3.8, 4) is 0 Å². The van der Waals surface area contributed by atoms with E-state index in [0.717, 1.165) is 0 Å². The number of nitrogens with zero attached hydrogens (tertiary/aromatic N) is 1. The normalized spacial score (nSPS) is 12.0. The average molecular weight is 509 g/mol. The Morgan fingerprint density at radius 1 is 0.222 bits per heavy atom. The monoisotopic (exact) mass is 509 g/mol. The maximum Gasteiger partial charge on any atom is 0.0786 e. The molecular weight excluding hydrogens is 434 g/mol. The molecule has 0 unspecified atom stereocenters. The summed E-state index contributed by atoms with van der Waals surface area (Å²) in [6.07, 6.45) is 39.5. The average Bonchev–Trinajstić information content (AvgIpc) is 2.87. The number of hydrogen-bond acceptors (Lipinski definition) is 0. The summed E-state index contributed by atoms with van der Waals surface area (Å²) < 4.78 is 1.41. The molecule has 0 bridgehead atoms. The van der Waals surface area contributed by atoms with Gasteiger partial charge in [-0.15, -0.1) is 0 Å². The second kappa shape index (κ2) is 29.5. The van der Waals surface area contributed by atoms with Crippen LogP contribution in [0.3, 0.4) is 0 Å². The molecule has 0 aromatic heterocycles. The van der Waals surface area contributed by atoms with Crippen molar-refractivity contribution in [1.82, 2.24) is 0 Å². The van der Waals surface area contributed by atoms with Gasteiger partial charge >= 0.3 is 0 Å². The summed E-state index contributed by atoms with van der Waals surface area (Å²) in [4.78, 5) is 0. The van der Waals surface area contributed by atoms with E-state index in [0.29, 0.717) is 0 Å². The molecule has 0 aliphatic carbocycles. The van der Waals surface area contributed by atoms with Gasteiger partial charge in [0.2, 0.25) is 0 Å². The van der Waals surface area contributed by atoms with Gasteiger partial charge in [0.25, 0.3) is 0 Å². The maximum absolute atomic E-state index is 2.37. The molecule has 0 aliphatic rings. The van der Waals surface area contributed by atoms with E-state index in [-0.39, 0.29) is 0 Å². The van der Waals surface area contributed by atoms with E-state index in [1.807, 2.05) is 0 Å². The Kier molecular flexibility index (Phi) is 29.5. The minimum Gasteiger partial charge on any atom is -0.324 e. The second-order valence-corrected chi connectivity index (χ2v) is 12.4. The van der Waals surface area contributed by atoms with E-state index < -0.39 is 0 Å². The first-order valence-corrected chi connectivity index (χ1v) is 17.6. The minimum absolute atomic E-state index is 1.35. The molecule has 0 N–H and O–H groups in total. The lowest BCUT2D eigenvalue weighted by molar-refractivity contribution is -0.928. The molecule has 0 rings (SSSR count). The largest absolute Gasteiger partial charge is 0.324 e. The number of quaternary nitrogens is 1. The van der Waals surface area contributed by atoms with Crippen molar-refractivity contribution >= 4 is 0 Å². The van der Waals surface area contributed by atoms with Crippen LogP contribution >= 0.6 is 0 Å². The predicted molar refractivity (Wildman–Crippen MR) is 167 cm³/mol. The number of rotatable bonds is 31. The van der Waals surface area contributed by atoms with Gasteiger partial charge in [-0.25, -0.2) is 0 Å². The van der Waals surface area contributed by atoms with Crippen LogP contribution in [0.25, 0.3) is 0 Å². The quantitative estimate of drug-likeness (QED) is 0.0645. The molecule has 36 heavy (non-hydrogen) atoms. The van der Waals surface area contributed by atoms with Crippen LogP contribution in [-0.4, -0.2) is 30.7 Å². The van der Waals surface area contributed by atoms with Crippen molar-refractivity contribution < 1.29 is 4.48 Å². The Morgan fingerprint density at radius 3 is 0.667 bits per heavy atom. The van der Waals surface area contributed by atoms with Gasteiger partial charge in [-0.3, -0.25) is 0 Å². The first-order chi connectivity index (χ1) is 17.7. The van der Waals surface area contributed by atoms with E-state index >= 15 is 0 Å². The van der Waals surface area contributed by atoms with Gasteiger partial charge in [0.05, 0.1) is 26.2 Å². The molecule has 1 heteroatoms. The van der Waals surface area contributed by atoms with Crippen LogP contribution in [0.5, 0.6) is 0 Å². The molecule has 0 spiro atoms.